The first-order valence-electron chi connectivity index (χ1n) is 6.64. The van der Waals surface area contributed by atoms with Crippen molar-refractivity contribution in [3.8, 4) is 0 Å². The van der Waals surface area contributed by atoms with Gasteiger partial charge in [-0.05, 0) is 23.7 Å². The van der Waals surface area contributed by atoms with Crippen LogP contribution in [0.1, 0.15) is 54.4 Å². The Labute approximate surface area is 107 Å². The van der Waals surface area contributed by atoms with Crippen LogP contribution in [0.3, 0.4) is 0 Å². The van der Waals surface area contributed by atoms with Gasteiger partial charge in [0.25, 0.3) is 0 Å². The minimum Gasteiger partial charge on any atom is -0.356 e. The van der Waals surface area contributed by atoms with Crippen LogP contribution in [0.4, 0.5) is 0 Å². The maximum absolute atomic E-state index is 11.7. The second-order valence-electron chi connectivity index (χ2n) is 6.75. The molecule has 0 fully saturated rings. The van der Waals surface area contributed by atoms with Gasteiger partial charge < -0.3 is 11.1 Å². The summed E-state index contributed by atoms with van der Waals surface area (Å²) in [6.07, 6.45) is 1.31. The summed E-state index contributed by atoms with van der Waals surface area (Å²) >= 11 is 0. The van der Waals surface area contributed by atoms with Gasteiger partial charge in [-0.2, -0.15) is 0 Å². The van der Waals surface area contributed by atoms with Crippen LogP contribution in [-0.4, -0.2) is 18.5 Å². The fraction of sp³-hybridized carbons (Fsp3) is 0.929. The molecule has 0 saturated carbocycles. The van der Waals surface area contributed by atoms with Gasteiger partial charge in [-0.1, -0.05) is 41.5 Å². The molecule has 0 saturated heterocycles. The van der Waals surface area contributed by atoms with Crippen LogP contribution in [0.25, 0.3) is 0 Å². The van der Waals surface area contributed by atoms with Crippen molar-refractivity contribution < 1.29 is 4.79 Å². The number of carbonyl (C=O) groups excluding carboxylic acids is 1. The van der Waals surface area contributed by atoms with Crippen LogP contribution in [0.15, 0.2) is 0 Å². The van der Waals surface area contributed by atoms with E-state index in [4.69, 9.17) is 5.73 Å². The van der Waals surface area contributed by atoms with Gasteiger partial charge in [0, 0.05) is 19.0 Å². The smallest absolute Gasteiger partial charge is 0.221 e. The highest BCUT2D eigenvalue weighted by Gasteiger charge is 2.18. The average Bonchev–Trinajstić information content (AvgIpc) is 2.10. The van der Waals surface area contributed by atoms with Crippen molar-refractivity contribution in [2.75, 3.05) is 6.54 Å². The number of rotatable bonds is 6. The van der Waals surface area contributed by atoms with E-state index in [0.717, 1.165) is 13.0 Å². The first-order valence-corrected chi connectivity index (χ1v) is 6.64. The zero-order valence-corrected chi connectivity index (χ0v) is 12.3. The lowest BCUT2D eigenvalue weighted by Crippen LogP contribution is -2.36. The molecule has 2 atom stereocenters. The van der Waals surface area contributed by atoms with Crippen LogP contribution in [0.5, 0.6) is 0 Å². The lowest BCUT2D eigenvalue weighted by atomic mass is 9.87. The van der Waals surface area contributed by atoms with Gasteiger partial charge in [-0.15, -0.1) is 0 Å². The van der Waals surface area contributed by atoms with Crippen LogP contribution in [0.2, 0.25) is 0 Å². The Balaban J connectivity index is 3.87. The minimum atomic E-state index is -0.0376. The van der Waals surface area contributed by atoms with Crippen molar-refractivity contribution in [1.82, 2.24) is 5.32 Å². The van der Waals surface area contributed by atoms with E-state index in [2.05, 4.69) is 46.9 Å². The predicted octanol–water partition coefficient (Wildman–Crippen LogP) is 2.55. The Kier molecular flexibility index (Phi) is 6.76. The third kappa shape index (κ3) is 9.16. The largest absolute Gasteiger partial charge is 0.356 e. The summed E-state index contributed by atoms with van der Waals surface area (Å²) in [6, 6.07) is -0.0376. The van der Waals surface area contributed by atoms with E-state index in [1.807, 2.05) is 0 Å². The van der Waals surface area contributed by atoms with Crippen molar-refractivity contribution in [1.29, 1.82) is 0 Å². The van der Waals surface area contributed by atoms with Gasteiger partial charge in [0.2, 0.25) is 5.91 Å². The van der Waals surface area contributed by atoms with Crippen molar-refractivity contribution in [2.45, 2.75) is 60.4 Å². The summed E-state index contributed by atoms with van der Waals surface area (Å²) in [5.74, 6) is 1.19. The molecule has 3 heteroatoms. The second kappa shape index (κ2) is 7.00. The third-order valence-corrected chi connectivity index (χ3v) is 3.08. The summed E-state index contributed by atoms with van der Waals surface area (Å²) in [5.41, 5.74) is 6.15. The molecule has 0 aromatic rings. The van der Waals surface area contributed by atoms with Crippen molar-refractivity contribution in [2.24, 2.45) is 23.0 Å². The van der Waals surface area contributed by atoms with Crippen LogP contribution < -0.4 is 11.1 Å². The first kappa shape index (κ1) is 16.4. The molecule has 2 unspecified atom stereocenters. The highest BCUT2D eigenvalue weighted by molar-refractivity contribution is 5.76. The second-order valence-corrected chi connectivity index (χ2v) is 6.75. The van der Waals surface area contributed by atoms with Gasteiger partial charge in [0.1, 0.15) is 0 Å². The zero-order chi connectivity index (χ0) is 13.6. The standard InChI is InChI=1S/C14H30N2O/c1-10(2)11(3)9-16-13(17)7-12(15)8-14(4,5)6/h10-12H,7-9,15H2,1-6H3,(H,16,17). The highest BCUT2D eigenvalue weighted by Crippen LogP contribution is 2.20. The lowest BCUT2D eigenvalue weighted by Gasteiger charge is -2.23. The van der Waals surface area contributed by atoms with E-state index in [-0.39, 0.29) is 17.4 Å². The average molecular weight is 242 g/mol. The summed E-state index contributed by atoms with van der Waals surface area (Å²) in [7, 11) is 0. The third-order valence-electron chi connectivity index (χ3n) is 3.08. The van der Waals surface area contributed by atoms with E-state index in [9.17, 15) is 4.79 Å². The summed E-state index contributed by atoms with van der Waals surface area (Å²) in [6.45, 7) is 13.7. The highest BCUT2D eigenvalue weighted by atomic mass is 16.1. The molecule has 17 heavy (non-hydrogen) atoms. The van der Waals surface area contributed by atoms with E-state index in [1.54, 1.807) is 0 Å². The fourth-order valence-electron chi connectivity index (χ4n) is 1.68. The predicted molar refractivity (Wildman–Crippen MR) is 73.7 cm³/mol. The molecule has 0 aliphatic carbocycles. The Hall–Kier alpha value is -0.570. The number of amides is 1. The monoisotopic (exact) mass is 242 g/mol. The maximum Gasteiger partial charge on any atom is 0.221 e. The van der Waals surface area contributed by atoms with Gasteiger partial charge >= 0.3 is 0 Å². The normalized spacial score (nSPS) is 15.8. The molecule has 0 aliphatic rings. The van der Waals surface area contributed by atoms with E-state index >= 15 is 0 Å². The molecule has 0 heterocycles. The topological polar surface area (TPSA) is 55.1 Å². The van der Waals surface area contributed by atoms with E-state index < -0.39 is 0 Å². The van der Waals surface area contributed by atoms with Gasteiger partial charge in [-0.25, -0.2) is 0 Å². The molecule has 3 N–H and O–H groups in total. The summed E-state index contributed by atoms with van der Waals surface area (Å²) in [5, 5.41) is 2.96. The van der Waals surface area contributed by atoms with Gasteiger partial charge in [0.15, 0.2) is 0 Å². The lowest BCUT2D eigenvalue weighted by molar-refractivity contribution is -0.121. The Morgan fingerprint density at radius 1 is 1.24 bits per heavy atom. The SMILES string of the molecule is CC(C)C(C)CNC(=O)CC(N)CC(C)(C)C. The Morgan fingerprint density at radius 2 is 1.76 bits per heavy atom. The first-order chi connectivity index (χ1) is 7.61. The number of hydrogen-bond acceptors (Lipinski definition) is 2. The molecule has 0 radical (unpaired) electrons. The van der Waals surface area contributed by atoms with Crippen LogP contribution >= 0.6 is 0 Å². The molecule has 0 bridgehead atoms. The molecule has 0 rings (SSSR count). The summed E-state index contributed by atoms with van der Waals surface area (Å²) < 4.78 is 0. The van der Waals surface area contributed by atoms with Gasteiger partial charge in [-0.3, -0.25) is 4.79 Å². The molecule has 0 aliphatic heterocycles. The van der Waals surface area contributed by atoms with E-state index in [1.165, 1.54) is 0 Å². The van der Waals surface area contributed by atoms with Crippen molar-refractivity contribution >= 4 is 5.91 Å². The molecule has 102 valence electrons. The molecular weight excluding hydrogens is 212 g/mol. The summed E-state index contributed by atoms with van der Waals surface area (Å²) in [4.78, 5) is 11.7. The van der Waals surface area contributed by atoms with Crippen LogP contribution in [-0.2, 0) is 4.79 Å². The van der Waals surface area contributed by atoms with Crippen molar-refractivity contribution in [3.05, 3.63) is 0 Å². The number of carbonyl (C=O) groups is 1. The zero-order valence-electron chi connectivity index (χ0n) is 12.3. The van der Waals surface area contributed by atoms with E-state index in [0.29, 0.717) is 18.3 Å². The molecule has 0 spiro atoms. The number of hydrogen-bond donors (Lipinski definition) is 2. The Morgan fingerprint density at radius 3 is 2.18 bits per heavy atom. The molecule has 1 amide bonds. The molecule has 0 aromatic carbocycles. The number of nitrogens with one attached hydrogen (secondary N) is 1. The quantitative estimate of drug-likeness (QED) is 0.752. The Bertz CT molecular complexity index is 231. The molecular formula is C14H30N2O. The van der Waals surface area contributed by atoms with Crippen LogP contribution in [0, 0.1) is 17.3 Å². The van der Waals surface area contributed by atoms with Crippen molar-refractivity contribution in [3.63, 3.8) is 0 Å². The number of nitrogens with two attached hydrogens (primary N) is 1. The molecule has 3 nitrogen and oxygen atoms in total. The minimum absolute atomic E-state index is 0.0376. The van der Waals surface area contributed by atoms with Gasteiger partial charge in [0.05, 0.1) is 0 Å². The molecule has 0 aromatic heterocycles. The maximum atomic E-state index is 11.7. The fourth-order valence-corrected chi connectivity index (χ4v) is 1.68.